The van der Waals surface area contributed by atoms with Gasteiger partial charge in [-0.05, 0) is 57.0 Å². The molecule has 1 aromatic rings. The fraction of sp³-hybridized carbons (Fsp3) is 0.600. The highest BCUT2D eigenvalue weighted by molar-refractivity contribution is 7.89. The summed E-state index contributed by atoms with van der Waals surface area (Å²) in [5, 5.41) is 3.26. The van der Waals surface area contributed by atoms with Crippen molar-refractivity contribution < 1.29 is 13.2 Å². The number of rotatable bonds is 5. The van der Waals surface area contributed by atoms with Crippen molar-refractivity contribution in [3.8, 4) is 5.75 Å². The van der Waals surface area contributed by atoms with Gasteiger partial charge in [0.1, 0.15) is 5.75 Å². The number of methoxy groups -OCH3 is 1. The quantitative estimate of drug-likeness (QED) is 0.901. The highest BCUT2D eigenvalue weighted by Gasteiger charge is 2.31. The minimum atomic E-state index is -3.43. The molecule has 0 saturated heterocycles. The molecule has 1 N–H and O–H groups in total. The number of nitrogens with zero attached hydrogens (tertiary/aromatic N) is 1. The zero-order valence-corrected chi connectivity index (χ0v) is 13.7. The van der Waals surface area contributed by atoms with E-state index < -0.39 is 10.0 Å². The Labute approximate surface area is 127 Å². The minimum Gasteiger partial charge on any atom is -0.497 e. The Morgan fingerprint density at radius 1 is 1.14 bits per heavy atom. The fourth-order valence-corrected chi connectivity index (χ4v) is 4.25. The number of hydrogen-bond donors (Lipinski definition) is 1. The number of nitrogens with one attached hydrogen (secondary N) is 1. The molecule has 0 aromatic heterocycles. The number of benzene rings is 1. The third-order valence-corrected chi connectivity index (χ3v) is 6.28. The molecule has 21 heavy (non-hydrogen) atoms. The molecule has 0 unspecified atom stereocenters. The Morgan fingerprint density at radius 3 is 2.19 bits per heavy atom. The molecule has 1 fully saturated rings. The summed E-state index contributed by atoms with van der Waals surface area (Å²) in [7, 11) is 1.78. The minimum absolute atomic E-state index is 0.0849. The maximum atomic E-state index is 12.7. The molecule has 0 aliphatic heterocycles. The molecule has 118 valence electrons. The molecule has 0 spiro atoms. The van der Waals surface area contributed by atoms with E-state index in [-0.39, 0.29) is 6.04 Å². The lowest BCUT2D eigenvalue weighted by molar-refractivity contribution is 0.255. The van der Waals surface area contributed by atoms with Crippen LogP contribution >= 0.6 is 0 Å². The van der Waals surface area contributed by atoms with E-state index in [0.29, 0.717) is 16.7 Å². The summed E-state index contributed by atoms with van der Waals surface area (Å²) in [6, 6.07) is 7.16. The monoisotopic (exact) mass is 312 g/mol. The van der Waals surface area contributed by atoms with Crippen molar-refractivity contribution in [2.24, 2.45) is 0 Å². The molecule has 0 bridgehead atoms. The van der Waals surface area contributed by atoms with Crippen LogP contribution in [0.5, 0.6) is 5.75 Å². The van der Waals surface area contributed by atoms with E-state index in [0.717, 1.165) is 25.7 Å². The Morgan fingerprint density at radius 2 is 1.71 bits per heavy atom. The topological polar surface area (TPSA) is 58.6 Å². The van der Waals surface area contributed by atoms with Crippen LogP contribution < -0.4 is 10.1 Å². The van der Waals surface area contributed by atoms with Crippen LogP contribution in [0.3, 0.4) is 0 Å². The summed E-state index contributed by atoms with van der Waals surface area (Å²) in [6.45, 7) is 0. The maximum Gasteiger partial charge on any atom is 0.243 e. The highest BCUT2D eigenvalue weighted by atomic mass is 32.2. The lowest BCUT2D eigenvalue weighted by atomic mass is 9.91. The van der Waals surface area contributed by atoms with Crippen LogP contribution in [-0.2, 0) is 10.0 Å². The second-order valence-electron chi connectivity index (χ2n) is 5.49. The van der Waals surface area contributed by atoms with E-state index in [2.05, 4.69) is 5.32 Å². The van der Waals surface area contributed by atoms with Gasteiger partial charge in [-0.15, -0.1) is 0 Å². The van der Waals surface area contributed by atoms with Crippen LogP contribution in [0, 0.1) is 0 Å². The Bertz CT molecular complexity index is 549. The Kier molecular flexibility index (Phi) is 5.24. The molecule has 1 aliphatic rings. The molecular weight excluding hydrogens is 288 g/mol. The normalized spacial score (nSPS) is 23.2. The van der Waals surface area contributed by atoms with Crippen molar-refractivity contribution >= 4 is 10.0 Å². The van der Waals surface area contributed by atoms with E-state index in [1.165, 1.54) is 4.31 Å². The van der Waals surface area contributed by atoms with Gasteiger partial charge in [-0.1, -0.05) is 0 Å². The fourth-order valence-electron chi connectivity index (χ4n) is 2.84. The van der Waals surface area contributed by atoms with Gasteiger partial charge in [0.05, 0.1) is 12.0 Å². The van der Waals surface area contributed by atoms with Gasteiger partial charge in [-0.2, -0.15) is 4.31 Å². The summed E-state index contributed by atoms with van der Waals surface area (Å²) >= 11 is 0. The smallest absolute Gasteiger partial charge is 0.243 e. The van der Waals surface area contributed by atoms with Gasteiger partial charge in [-0.25, -0.2) is 8.42 Å². The van der Waals surface area contributed by atoms with E-state index in [9.17, 15) is 8.42 Å². The first-order valence-electron chi connectivity index (χ1n) is 7.28. The van der Waals surface area contributed by atoms with Crippen molar-refractivity contribution in [3.05, 3.63) is 24.3 Å². The predicted molar refractivity (Wildman–Crippen MR) is 83.0 cm³/mol. The molecule has 2 rings (SSSR count). The standard InChI is InChI=1S/C15H24N2O3S/c1-16-12-4-6-13(7-5-12)17(2)21(18,19)15-10-8-14(20-3)9-11-15/h8-13,16H,4-7H2,1-3H3. The number of ether oxygens (including phenoxy) is 1. The average Bonchev–Trinajstić information content (AvgIpc) is 2.54. The van der Waals surface area contributed by atoms with Crippen molar-refractivity contribution in [1.29, 1.82) is 0 Å². The average molecular weight is 312 g/mol. The van der Waals surface area contributed by atoms with Crippen molar-refractivity contribution in [1.82, 2.24) is 9.62 Å². The Hall–Kier alpha value is -1.11. The predicted octanol–water partition coefficient (Wildman–Crippen LogP) is 1.85. The van der Waals surface area contributed by atoms with Gasteiger partial charge in [0, 0.05) is 19.1 Å². The zero-order chi connectivity index (χ0) is 15.5. The Balaban J connectivity index is 2.11. The van der Waals surface area contributed by atoms with Gasteiger partial charge in [0.25, 0.3) is 0 Å². The highest BCUT2D eigenvalue weighted by Crippen LogP contribution is 2.27. The lowest BCUT2D eigenvalue weighted by Gasteiger charge is -2.33. The molecule has 5 nitrogen and oxygen atoms in total. The van der Waals surface area contributed by atoms with Crippen molar-refractivity contribution in [2.75, 3.05) is 21.2 Å². The molecule has 1 saturated carbocycles. The van der Waals surface area contributed by atoms with Gasteiger partial charge in [-0.3, -0.25) is 0 Å². The largest absolute Gasteiger partial charge is 0.497 e. The molecule has 0 amide bonds. The van der Waals surface area contributed by atoms with E-state index >= 15 is 0 Å². The summed E-state index contributed by atoms with van der Waals surface area (Å²) in [5.41, 5.74) is 0. The molecule has 0 heterocycles. The van der Waals surface area contributed by atoms with Gasteiger partial charge in [0.2, 0.25) is 10.0 Å². The maximum absolute atomic E-state index is 12.7. The summed E-state index contributed by atoms with van der Waals surface area (Å²) in [5.74, 6) is 0.658. The van der Waals surface area contributed by atoms with Crippen LogP contribution in [-0.4, -0.2) is 46.0 Å². The summed E-state index contributed by atoms with van der Waals surface area (Å²) in [6.07, 6.45) is 3.84. The van der Waals surface area contributed by atoms with Crippen LogP contribution in [0.1, 0.15) is 25.7 Å². The SMILES string of the molecule is CNC1CCC(N(C)S(=O)(=O)c2ccc(OC)cc2)CC1. The van der Waals surface area contributed by atoms with Crippen LogP contribution in [0.15, 0.2) is 29.2 Å². The molecule has 0 atom stereocenters. The van der Waals surface area contributed by atoms with E-state index in [4.69, 9.17) is 4.74 Å². The van der Waals surface area contributed by atoms with Crippen LogP contribution in [0.4, 0.5) is 0 Å². The van der Waals surface area contributed by atoms with Gasteiger partial charge in [0.15, 0.2) is 0 Å². The first-order valence-corrected chi connectivity index (χ1v) is 8.72. The molecule has 1 aliphatic carbocycles. The third kappa shape index (κ3) is 3.56. The molecule has 1 aromatic carbocycles. The lowest BCUT2D eigenvalue weighted by Crippen LogP contribution is -2.42. The van der Waals surface area contributed by atoms with Crippen LogP contribution in [0.25, 0.3) is 0 Å². The van der Waals surface area contributed by atoms with Crippen LogP contribution in [0.2, 0.25) is 0 Å². The van der Waals surface area contributed by atoms with Crippen molar-refractivity contribution in [3.63, 3.8) is 0 Å². The van der Waals surface area contributed by atoms with Gasteiger partial charge >= 0.3 is 0 Å². The molecule has 0 radical (unpaired) electrons. The summed E-state index contributed by atoms with van der Waals surface area (Å²) < 4.78 is 31.9. The van der Waals surface area contributed by atoms with Crippen molar-refractivity contribution in [2.45, 2.75) is 42.7 Å². The third-order valence-electron chi connectivity index (χ3n) is 4.36. The van der Waals surface area contributed by atoms with E-state index in [1.54, 1.807) is 38.4 Å². The van der Waals surface area contributed by atoms with Gasteiger partial charge < -0.3 is 10.1 Å². The molecular formula is C15H24N2O3S. The number of sulfonamides is 1. The number of hydrogen-bond acceptors (Lipinski definition) is 4. The van der Waals surface area contributed by atoms with E-state index in [1.807, 2.05) is 7.05 Å². The second kappa shape index (κ2) is 6.77. The first-order chi connectivity index (χ1) is 9.98. The first kappa shape index (κ1) is 16.3. The molecule has 6 heteroatoms. The second-order valence-corrected chi connectivity index (χ2v) is 7.49. The summed E-state index contributed by atoms with van der Waals surface area (Å²) in [4.78, 5) is 0.321. The zero-order valence-electron chi connectivity index (χ0n) is 12.9.